The molecular weight excluding hydrogens is 377 g/mol. The number of halogens is 1. The van der Waals surface area contributed by atoms with Crippen LogP contribution in [0.1, 0.15) is 29.0 Å². The highest BCUT2D eigenvalue weighted by atomic mass is 19.1. The SMILES string of the molecule is Cc1nccn1-c1ccc(NC(=O)c2ccc(NC3CC3)c([N+](=O)[O-])c2)cc1F. The van der Waals surface area contributed by atoms with Crippen molar-refractivity contribution in [1.82, 2.24) is 9.55 Å². The fraction of sp³-hybridized carbons (Fsp3) is 0.200. The van der Waals surface area contributed by atoms with Crippen molar-refractivity contribution in [3.05, 3.63) is 76.1 Å². The minimum Gasteiger partial charge on any atom is -0.377 e. The third-order valence-electron chi connectivity index (χ3n) is 4.68. The van der Waals surface area contributed by atoms with Gasteiger partial charge in [-0.25, -0.2) is 9.37 Å². The zero-order valence-corrected chi connectivity index (χ0v) is 15.6. The van der Waals surface area contributed by atoms with Crippen LogP contribution in [0.15, 0.2) is 48.8 Å². The lowest BCUT2D eigenvalue weighted by atomic mass is 10.1. The first kappa shape index (κ1) is 18.6. The Balaban J connectivity index is 1.54. The summed E-state index contributed by atoms with van der Waals surface area (Å²) in [5.41, 5.74) is 0.899. The first-order valence-electron chi connectivity index (χ1n) is 9.08. The van der Waals surface area contributed by atoms with E-state index in [-0.39, 0.29) is 23.0 Å². The summed E-state index contributed by atoms with van der Waals surface area (Å²) in [5.74, 6) is -0.455. The van der Waals surface area contributed by atoms with Gasteiger partial charge in [-0.15, -0.1) is 0 Å². The van der Waals surface area contributed by atoms with E-state index in [0.29, 0.717) is 17.2 Å². The Labute approximate surface area is 165 Å². The number of nitro benzene ring substituents is 1. The second-order valence-corrected chi connectivity index (χ2v) is 6.87. The molecular formula is C20H18FN5O3. The molecule has 0 spiro atoms. The molecule has 0 unspecified atom stereocenters. The molecule has 0 radical (unpaired) electrons. The minimum atomic E-state index is -0.558. The number of rotatable bonds is 6. The first-order chi connectivity index (χ1) is 13.9. The van der Waals surface area contributed by atoms with E-state index in [9.17, 15) is 19.3 Å². The van der Waals surface area contributed by atoms with Gasteiger partial charge in [-0.3, -0.25) is 14.9 Å². The van der Waals surface area contributed by atoms with Crippen molar-refractivity contribution in [2.45, 2.75) is 25.8 Å². The number of carbonyl (C=O) groups is 1. The predicted octanol–water partition coefficient (Wildman–Crippen LogP) is 4.05. The Bertz CT molecular complexity index is 1110. The zero-order valence-electron chi connectivity index (χ0n) is 15.6. The van der Waals surface area contributed by atoms with E-state index in [1.165, 1.54) is 30.3 Å². The lowest BCUT2D eigenvalue weighted by Crippen LogP contribution is -2.13. The Morgan fingerprint density at radius 2 is 2.07 bits per heavy atom. The van der Waals surface area contributed by atoms with Gasteiger partial charge in [0.2, 0.25) is 0 Å². The minimum absolute atomic E-state index is 0.119. The molecule has 1 saturated carbocycles. The van der Waals surface area contributed by atoms with Crippen molar-refractivity contribution in [2.75, 3.05) is 10.6 Å². The Morgan fingerprint density at radius 1 is 1.28 bits per heavy atom. The van der Waals surface area contributed by atoms with Gasteiger partial charge >= 0.3 is 0 Å². The number of hydrogen-bond acceptors (Lipinski definition) is 5. The summed E-state index contributed by atoms with van der Waals surface area (Å²) in [7, 11) is 0. The molecule has 2 N–H and O–H groups in total. The van der Waals surface area contributed by atoms with Crippen molar-refractivity contribution in [3.63, 3.8) is 0 Å². The summed E-state index contributed by atoms with van der Waals surface area (Å²) in [6.07, 6.45) is 5.15. The van der Waals surface area contributed by atoms with Crippen LogP contribution in [-0.4, -0.2) is 26.4 Å². The highest BCUT2D eigenvalue weighted by molar-refractivity contribution is 6.05. The molecule has 4 rings (SSSR count). The Kier molecular flexibility index (Phi) is 4.71. The number of nitrogens with zero attached hydrogens (tertiary/aromatic N) is 3. The Morgan fingerprint density at radius 3 is 2.69 bits per heavy atom. The molecule has 148 valence electrons. The number of hydrogen-bond donors (Lipinski definition) is 2. The van der Waals surface area contributed by atoms with Gasteiger partial charge in [-0.2, -0.15) is 0 Å². The number of benzene rings is 2. The number of anilines is 2. The van der Waals surface area contributed by atoms with Gasteiger partial charge in [-0.05, 0) is 50.1 Å². The van der Waals surface area contributed by atoms with Crippen LogP contribution in [0.5, 0.6) is 0 Å². The highest BCUT2D eigenvalue weighted by Gasteiger charge is 2.25. The van der Waals surface area contributed by atoms with Crippen LogP contribution in [0.2, 0.25) is 0 Å². The van der Waals surface area contributed by atoms with E-state index in [1.54, 1.807) is 30.0 Å². The van der Waals surface area contributed by atoms with Crippen LogP contribution in [-0.2, 0) is 0 Å². The maximum atomic E-state index is 14.5. The summed E-state index contributed by atoms with van der Waals surface area (Å²) >= 11 is 0. The fourth-order valence-corrected chi connectivity index (χ4v) is 3.01. The summed E-state index contributed by atoms with van der Waals surface area (Å²) in [4.78, 5) is 27.4. The Hall–Kier alpha value is -3.75. The molecule has 0 saturated heterocycles. The molecule has 29 heavy (non-hydrogen) atoms. The molecule has 1 fully saturated rings. The molecule has 1 aromatic heterocycles. The molecule has 1 amide bonds. The molecule has 8 nitrogen and oxygen atoms in total. The number of aryl methyl sites for hydroxylation is 1. The largest absolute Gasteiger partial charge is 0.377 e. The van der Waals surface area contributed by atoms with Crippen molar-refractivity contribution in [2.24, 2.45) is 0 Å². The number of nitro groups is 1. The van der Waals surface area contributed by atoms with Gasteiger partial charge in [-0.1, -0.05) is 0 Å². The smallest absolute Gasteiger partial charge is 0.293 e. The lowest BCUT2D eigenvalue weighted by Gasteiger charge is -2.11. The van der Waals surface area contributed by atoms with E-state index >= 15 is 0 Å². The second-order valence-electron chi connectivity index (χ2n) is 6.87. The monoisotopic (exact) mass is 395 g/mol. The van der Waals surface area contributed by atoms with Crippen LogP contribution in [0.25, 0.3) is 5.69 Å². The second kappa shape index (κ2) is 7.34. The predicted molar refractivity (Wildman–Crippen MR) is 106 cm³/mol. The van der Waals surface area contributed by atoms with E-state index in [1.807, 2.05) is 0 Å². The lowest BCUT2D eigenvalue weighted by molar-refractivity contribution is -0.384. The van der Waals surface area contributed by atoms with E-state index < -0.39 is 16.6 Å². The van der Waals surface area contributed by atoms with Gasteiger partial charge in [0, 0.05) is 35.8 Å². The molecule has 0 aliphatic heterocycles. The third-order valence-corrected chi connectivity index (χ3v) is 4.68. The maximum absolute atomic E-state index is 14.5. The summed E-state index contributed by atoms with van der Waals surface area (Å²) < 4.78 is 16.1. The van der Waals surface area contributed by atoms with Gasteiger partial charge in [0.25, 0.3) is 11.6 Å². The van der Waals surface area contributed by atoms with Gasteiger partial charge in [0.15, 0.2) is 0 Å². The molecule has 0 bridgehead atoms. The highest BCUT2D eigenvalue weighted by Crippen LogP contribution is 2.31. The van der Waals surface area contributed by atoms with Crippen molar-refractivity contribution in [3.8, 4) is 5.69 Å². The van der Waals surface area contributed by atoms with Crippen LogP contribution in [0.4, 0.5) is 21.5 Å². The standard InChI is InChI=1S/C20H18FN5O3/c1-12-22-8-9-25(12)18-7-5-15(11-16(18)21)24-20(27)13-2-6-17(23-14-3-4-14)19(10-13)26(28)29/h2,5-11,14,23H,3-4H2,1H3,(H,24,27). The number of imidazole rings is 1. The number of aromatic nitrogens is 2. The fourth-order valence-electron chi connectivity index (χ4n) is 3.01. The molecule has 2 aromatic carbocycles. The van der Waals surface area contributed by atoms with Crippen LogP contribution >= 0.6 is 0 Å². The van der Waals surface area contributed by atoms with Crippen LogP contribution < -0.4 is 10.6 Å². The van der Waals surface area contributed by atoms with Gasteiger partial charge < -0.3 is 15.2 Å². The summed E-state index contributed by atoms with van der Waals surface area (Å²) in [5, 5.41) is 17.0. The quantitative estimate of drug-likeness (QED) is 0.484. The molecule has 1 aliphatic carbocycles. The third kappa shape index (κ3) is 3.93. The van der Waals surface area contributed by atoms with E-state index in [0.717, 1.165) is 12.8 Å². The van der Waals surface area contributed by atoms with Gasteiger partial charge in [0.05, 0.1) is 10.6 Å². The van der Waals surface area contributed by atoms with Crippen LogP contribution in [0, 0.1) is 22.9 Å². The van der Waals surface area contributed by atoms with E-state index in [2.05, 4.69) is 15.6 Å². The molecule has 0 atom stereocenters. The molecule has 9 heteroatoms. The van der Waals surface area contributed by atoms with Crippen molar-refractivity contribution >= 4 is 23.0 Å². The number of amides is 1. The molecule has 1 heterocycles. The number of nitrogens with one attached hydrogen (secondary N) is 2. The topological polar surface area (TPSA) is 102 Å². The van der Waals surface area contributed by atoms with Crippen molar-refractivity contribution < 1.29 is 14.1 Å². The van der Waals surface area contributed by atoms with Crippen molar-refractivity contribution in [1.29, 1.82) is 0 Å². The average molecular weight is 395 g/mol. The van der Waals surface area contributed by atoms with Gasteiger partial charge in [0.1, 0.15) is 17.3 Å². The maximum Gasteiger partial charge on any atom is 0.293 e. The molecule has 3 aromatic rings. The van der Waals surface area contributed by atoms with E-state index in [4.69, 9.17) is 0 Å². The molecule has 1 aliphatic rings. The summed E-state index contributed by atoms with van der Waals surface area (Å²) in [6.45, 7) is 1.75. The summed E-state index contributed by atoms with van der Waals surface area (Å²) in [6, 6.07) is 8.79. The van der Waals surface area contributed by atoms with Crippen LogP contribution in [0.3, 0.4) is 0 Å². The zero-order chi connectivity index (χ0) is 20.5. The number of carbonyl (C=O) groups excluding carboxylic acids is 1. The normalized spacial score (nSPS) is 13.2. The first-order valence-corrected chi connectivity index (χ1v) is 9.08. The average Bonchev–Trinajstić information content (AvgIpc) is 3.40.